The van der Waals surface area contributed by atoms with E-state index in [9.17, 15) is 19.5 Å². The highest BCUT2D eigenvalue weighted by Crippen LogP contribution is 2.40. The van der Waals surface area contributed by atoms with Crippen molar-refractivity contribution >= 4 is 17.8 Å². The molecule has 98 valence electrons. The fourth-order valence-corrected chi connectivity index (χ4v) is 2.76. The van der Waals surface area contributed by atoms with Crippen LogP contribution in [-0.2, 0) is 14.4 Å². The minimum Gasteiger partial charge on any atom is -0.481 e. The third-order valence-corrected chi connectivity index (χ3v) is 4.17. The Hall–Kier alpha value is -1.65. The van der Waals surface area contributed by atoms with Crippen LogP contribution in [0.1, 0.15) is 39.5 Å². The van der Waals surface area contributed by atoms with Crippen molar-refractivity contribution in [3.63, 3.8) is 0 Å². The van der Waals surface area contributed by atoms with Crippen LogP contribution in [0.3, 0.4) is 0 Å². The van der Waals surface area contributed by atoms with Gasteiger partial charge in [0.2, 0.25) is 0 Å². The summed E-state index contributed by atoms with van der Waals surface area (Å²) in [5, 5.41) is 9.37. The van der Waals surface area contributed by atoms with Gasteiger partial charge in [0.1, 0.15) is 0 Å². The molecule has 1 fully saturated rings. The SMILES string of the molecule is CC1=C(C)C(=O)N(CC2(C(=O)O)CCCC2)C1=O. The molecule has 0 aromatic heterocycles. The van der Waals surface area contributed by atoms with Crippen LogP contribution in [0.4, 0.5) is 0 Å². The molecule has 0 aromatic carbocycles. The molecule has 5 heteroatoms. The number of carboxylic acids is 1. The molecule has 1 N–H and O–H groups in total. The Morgan fingerprint density at radius 1 is 1.17 bits per heavy atom. The van der Waals surface area contributed by atoms with E-state index in [2.05, 4.69) is 0 Å². The number of carbonyl (C=O) groups excluding carboxylic acids is 2. The minimum absolute atomic E-state index is 0.00861. The topological polar surface area (TPSA) is 74.7 Å². The van der Waals surface area contributed by atoms with E-state index in [0.29, 0.717) is 24.0 Å². The molecular formula is C13H17NO4. The molecule has 1 saturated carbocycles. The van der Waals surface area contributed by atoms with Crippen LogP contribution in [0.25, 0.3) is 0 Å². The summed E-state index contributed by atoms with van der Waals surface area (Å²) >= 11 is 0. The fraction of sp³-hybridized carbons (Fsp3) is 0.615. The Balaban J connectivity index is 2.23. The molecule has 0 atom stereocenters. The van der Waals surface area contributed by atoms with Gasteiger partial charge in [0.05, 0.1) is 5.41 Å². The molecule has 0 radical (unpaired) electrons. The molecule has 0 saturated heterocycles. The van der Waals surface area contributed by atoms with E-state index in [0.717, 1.165) is 17.7 Å². The summed E-state index contributed by atoms with van der Waals surface area (Å²) in [5.74, 6) is -1.59. The summed E-state index contributed by atoms with van der Waals surface area (Å²) < 4.78 is 0. The standard InChI is InChI=1S/C13H17NO4/c1-8-9(2)11(16)14(10(8)15)7-13(12(17)18)5-3-4-6-13/h3-7H2,1-2H3,(H,17,18). The van der Waals surface area contributed by atoms with E-state index in [4.69, 9.17) is 0 Å². The molecule has 18 heavy (non-hydrogen) atoms. The first-order valence-electron chi connectivity index (χ1n) is 6.16. The maximum atomic E-state index is 11.9. The maximum absolute atomic E-state index is 11.9. The van der Waals surface area contributed by atoms with Crippen molar-refractivity contribution in [2.24, 2.45) is 5.41 Å². The number of hydrogen-bond donors (Lipinski definition) is 1. The number of carbonyl (C=O) groups is 3. The van der Waals surface area contributed by atoms with E-state index >= 15 is 0 Å². The first-order valence-corrected chi connectivity index (χ1v) is 6.16. The second kappa shape index (κ2) is 4.23. The van der Waals surface area contributed by atoms with E-state index in [1.807, 2.05) is 0 Å². The molecular weight excluding hydrogens is 234 g/mol. The predicted molar refractivity (Wildman–Crippen MR) is 63.6 cm³/mol. The lowest BCUT2D eigenvalue weighted by Gasteiger charge is -2.28. The molecule has 0 spiro atoms. The van der Waals surface area contributed by atoms with Crippen molar-refractivity contribution in [3.8, 4) is 0 Å². The lowest BCUT2D eigenvalue weighted by atomic mass is 9.85. The Labute approximate surface area is 105 Å². The average Bonchev–Trinajstić information content (AvgIpc) is 2.87. The molecule has 2 aliphatic rings. The molecule has 1 heterocycles. The van der Waals surface area contributed by atoms with Crippen LogP contribution < -0.4 is 0 Å². The van der Waals surface area contributed by atoms with Crippen molar-refractivity contribution in [2.45, 2.75) is 39.5 Å². The lowest BCUT2D eigenvalue weighted by molar-refractivity contribution is -0.152. The number of nitrogens with zero attached hydrogens (tertiary/aromatic N) is 1. The van der Waals surface area contributed by atoms with Gasteiger partial charge in [0.15, 0.2) is 0 Å². The van der Waals surface area contributed by atoms with Gasteiger partial charge in [-0.15, -0.1) is 0 Å². The van der Waals surface area contributed by atoms with Gasteiger partial charge in [0, 0.05) is 17.7 Å². The third kappa shape index (κ3) is 1.74. The van der Waals surface area contributed by atoms with E-state index < -0.39 is 11.4 Å². The number of amides is 2. The van der Waals surface area contributed by atoms with Crippen molar-refractivity contribution < 1.29 is 19.5 Å². The van der Waals surface area contributed by atoms with Gasteiger partial charge in [-0.1, -0.05) is 12.8 Å². The molecule has 0 unspecified atom stereocenters. The van der Waals surface area contributed by atoms with Crippen molar-refractivity contribution in [3.05, 3.63) is 11.1 Å². The highest BCUT2D eigenvalue weighted by Gasteiger charge is 2.46. The van der Waals surface area contributed by atoms with Crippen LogP contribution in [0.2, 0.25) is 0 Å². The van der Waals surface area contributed by atoms with Crippen LogP contribution >= 0.6 is 0 Å². The van der Waals surface area contributed by atoms with Crippen LogP contribution in [0, 0.1) is 5.41 Å². The number of rotatable bonds is 3. The monoisotopic (exact) mass is 251 g/mol. The van der Waals surface area contributed by atoms with E-state index in [1.165, 1.54) is 0 Å². The van der Waals surface area contributed by atoms with E-state index in [1.54, 1.807) is 13.8 Å². The lowest BCUT2D eigenvalue weighted by Crippen LogP contribution is -2.44. The molecule has 1 aliphatic carbocycles. The normalized spacial score (nSPS) is 23.1. The molecule has 0 bridgehead atoms. The molecule has 2 amide bonds. The predicted octanol–water partition coefficient (Wildman–Crippen LogP) is 1.34. The summed E-state index contributed by atoms with van der Waals surface area (Å²) in [6.45, 7) is 3.23. The number of imide groups is 1. The highest BCUT2D eigenvalue weighted by molar-refractivity contribution is 6.18. The summed E-state index contributed by atoms with van der Waals surface area (Å²) in [6, 6.07) is 0. The zero-order valence-corrected chi connectivity index (χ0v) is 10.7. The van der Waals surface area contributed by atoms with Gasteiger partial charge in [0.25, 0.3) is 11.8 Å². The van der Waals surface area contributed by atoms with Gasteiger partial charge in [-0.25, -0.2) is 0 Å². The Kier molecular flexibility index (Phi) is 3.00. The van der Waals surface area contributed by atoms with Crippen LogP contribution in [0.5, 0.6) is 0 Å². The van der Waals surface area contributed by atoms with Gasteiger partial charge in [-0.3, -0.25) is 19.3 Å². The summed E-state index contributed by atoms with van der Waals surface area (Å²) in [4.78, 5) is 36.4. The van der Waals surface area contributed by atoms with Crippen molar-refractivity contribution in [1.29, 1.82) is 0 Å². The first kappa shape index (κ1) is 12.8. The quantitative estimate of drug-likeness (QED) is 0.768. The molecule has 1 aliphatic heterocycles. The largest absolute Gasteiger partial charge is 0.481 e. The molecule has 5 nitrogen and oxygen atoms in total. The first-order chi connectivity index (χ1) is 8.39. The highest BCUT2D eigenvalue weighted by atomic mass is 16.4. The second-order valence-corrected chi connectivity index (χ2v) is 5.24. The molecule has 0 aromatic rings. The van der Waals surface area contributed by atoms with E-state index in [-0.39, 0.29) is 18.4 Å². The van der Waals surface area contributed by atoms with Crippen molar-refractivity contribution in [1.82, 2.24) is 4.90 Å². The van der Waals surface area contributed by atoms with Crippen LogP contribution in [0.15, 0.2) is 11.1 Å². The Morgan fingerprint density at radius 3 is 2.00 bits per heavy atom. The summed E-state index contributed by atoms with van der Waals surface area (Å²) in [5.41, 5.74) is -0.0759. The van der Waals surface area contributed by atoms with Crippen LogP contribution in [-0.4, -0.2) is 34.3 Å². The fourth-order valence-electron chi connectivity index (χ4n) is 2.76. The summed E-state index contributed by atoms with van der Waals surface area (Å²) in [6.07, 6.45) is 2.76. The second-order valence-electron chi connectivity index (χ2n) is 5.24. The van der Waals surface area contributed by atoms with Gasteiger partial charge in [-0.05, 0) is 26.7 Å². The Bertz CT molecular complexity index is 434. The van der Waals surface area contributed by atoms with Crippen molar-refractivity contribution in [2.75, 3.05) is 6.54 Å². The van der Waals surface area contributed by atoms with Gasteiger partial charge in [-0.2, -0.15) is 0 Å². The number of aliphatic carboxylic acids is 1. The zero-order valence-electron chi connectivity index (χ0n) is 10.7. The average molecular weight is 251 g/mol. The summed E-state index contributed by atoms with van der Waals surface area (Å²) in [7, 11) is 0. The zero-order chi connectivity index (χ0) is 13.5. The minimum atomic E-state index is -0.934. The third-order valence-electron chi connectivity index (χ3n) is 4.17. The van der Waals surface area contributed by atoms with Gasteiger partial charge < -0.3 is 5.11 Å². The smallest absolute Gasteiger partial charge is 0.311 e. The van der Waals surface area contributed by atoms with Gasteiger partial charge >= 0.3 is 5.97 Å². The maximum Gasteiger partial charge on any atom is 0.311 e. The Morgan fingerprint density at radius 2 is 1.61 bits per heavy atom. The number of hydrogen-bond acceptors (Lipinski definition) is 3. The molecule has 2 rings (SSSR count). The number of carboxylic acid groups (broad SMARTS) is 1.